The molecule has 0 bridgehead atoms. The number of methoxy groups -OCH3 is 1. The van der Waals surface area contributed by atoms with E-state index in [-0.39, 0.29) is 22.5 Å². The largest absolute Gasteiger partial charge is 0.497 e. The van der Waals surface area contributed by atoms with Crippen LogP contribution < -0.4 is 15.6 Å². The first-order valence-electron chi connectivity index (χ1n) is 8.28. The van der Waals surface area contributed by atoms with E-state index in [1.807, 2.05) is 38.1 Å². The average molecular weight is 387 g/mol. The van der Waals surface area contributed by atoms with Crippen LogP contribution in [0.4, 0.5) is 0 Å². The molecule has 140 valence electrons. The number of aromatic amines is 1. The molecule has 27 heavy (non-hydrogen) atoms. The van der Waals surface area contributed by atoms with Crippen LogP contribution in [0, 0.1) is 6.92 Å². The Morgan fingerprint density at radius 2 is 2.04 bits per heavy atom. The zero-order valence-corrected chi connectivity index (χ0v) is 15.9. The maximum absolute atomic E-state index is 12.4. The van der Waals surface area contributed by atoms with Crippen LogP contribution in [-0.2, 0) is 0 Å². The number of rotatable bonds is 5. The molecule has 0 spiro atoms. The van der Waals surface area contributed by atoms with Gasteiger partial charge in [-0.05, 0) is 44.2 Å². The Bertz CT molecular complexity index is 1020. The molecule has 0 aliphatic carbocycles. The van der Waals surface area contributed by atoms with Crippen molar-refractivity contribution in [1.82, 2.24) is 20.1 Å². The molecule has 2 N–H and O–H groups in total. The van der Waals surface area contributed by atoms with E-state index in [2.05, 4.69) is 15.4 Å². The van der Waals surface area contributed by atoms with Crippen LogP contribution in [0.25, 0.3) is 5.69 Å². The van der Waals surface area contributed by atoms with Crippen LogP contribution in [0.5, 0.6) is 5.75 Å². The summed E-state index contributed by atoms with van der Waals surface area (Å²) >= 11 is 5.78. The van der Waals surface area contributed by atoms with Crippen molar-refractivity contribution < 1.29 is 9.53 Å². The highest BCUT2D eigenvalue weighted by Crippen LogP contribution is 2.22. The second-order valence-corrected chi connectivity index (χ2v) is 6.46. The maximum Gasteiger partial charge on any atom is 0.266 e. The van der Waals surface area contributed by atoms with Gasteiger partial charge in [0.2, 0.25) is 0 Å². The number of amides is 1. The molecule has 1 amide bonds. The lowest BCUT2D eigenvalue weighted by Crippen LogP contribution is -2.27. The number of H-pyrrole nitrogens is 1. The molecular formula is C19H19ClN4O3. The fraction of sp³-hybridized carbons (Fsp3) is 0.211. The molecule has 0 aliphatic heterocycles. The first-order chi connectivity index (χ1) is 12.9. The number of nitrogens with one attached hydrogen (secondary N) is 2. The third-order valence-electron chi connectivity index (χ3n) is 4.30. The van der Waals surface area contributed by atoms with Crippen molar-refractivity contribution in [2.45, 2.75) is 19.9 Å². The van der Waals surface area contributed by atoms with E-state index in [1.54, 1.807) is 18.0 Å². The van der Waals surface area contributed by atoms with Crippen LogP contribution >= 0.6 is 11.6 Å². The van der Waals surface area contributed by atoms with E-state index >= 15 is 0 Å². The van der Waals surface area contributed by atoms with Crippen molar-refractivity contribution in [3.05, 3.63) is 74.9 Å². The van der Waals surface area contributed by atoms with Crippen LogP contribution in [0.1, 0.15) is 34.6 Å². The molecule has 0 aliphatic rings. The number of pyridine rings is 1. The number of ether oxygens (including phenoxy) is 1. The molecule has 0 saturated carbocycles. The molecule has 0 fully saturated rings. The Balaban J connectivity index is 1.79. The summed E-state index contributed by atoms with van der Waals surface area (Å²) in [5.74, 6) is 0.432. The number of benzene rings is 1. The first kappa shape index (κ1) is 18.7. The van der Waals surface area contributed by atoms with Crippen LogP contribution in [-0.4, -0.2) is 27.8 Å². The average Bonchev–Trinajstić information content (AvgIpc) is 3.05. The molecule has 1 aromatic carbocycles. The van der Waals surface area contributed by atoms with Gasteiger partial charge in [-0.15, -0.1) is 0 Å². The summed E-state index contributed by atoms with van der Waals surface area (Å²) in [5, 5.41) is 7.29. The van der Waals surface area contributed by atoms with Crippen LogP contribution in [0.15, 0.2) is 47.5 Å². The number of carbonyl (C=O) groups excluding carboxylic acids is 1. The molecule has 8 heteroatoms. The van der Waals surface area contributed by atoms with E-state index in [0.717, 1.165) is 22.7 Å². The predicted molar refractivity (Wildman–Crippen MR) is 103 cm³/mol. The molecule has 2 heterocycles. The van der Waals surface area contributed by atoms with E-state index in [1.165, 1.54) is 12.3 Å². The topological polar surface area (TPSA) is 89.0 Å². The predicted octanol–water partition coefficient (Wildman–Crippen LogP) is 3.02. The number of nitrogens with zero attached hydrogens (tertiary/aromatic N) is 2. The van der Waals surface area contributed by atoms with Gasteiger partial charge in [0, 0.05) is 17.5 Å². The highest BCUT2D eigenvalue weighted by molar-refractivity contribution is 6.30. The Labute approximate surface area is 160 Å². The van der Waals surface area contributed by atoms with E-state index in [9.17, 15) is 9.59 Å². The number of hydrogen-bond acceptors (Lipinski definition) is 4. The highest BCUT2D eigenvalue weighted by Gasteiger charge is 2.18. The lowest BCUT2D eigenvalue weighted by atomic mass is 10.1. The second-order valence-electron chi connectivity index (χ2n) is 6.06. The van der Waals surface area contributed by atoms with Crippen molar-refractivity contribution in [3.63, 3.8) is 0 Å². The molecular weight excluding hydrogens is 368 g/mol. The monoisotopic (exact) mass is 386 g/mol. The van der Waals surface area contributed by atoms with Gasteiger partial charge in [-0.1, -0.05) is 11.6 Å². The molecule has 3 rings (SSSR count). The van der Waals surface area contributed by atoms with Gasteiger partial charge in [0.15, 0.2) is 0 Å². The van der Waals surface area contributed by atoms with Gasteiger partial charge in [-0.2, -0.15) is 5.10 Å². The van der Waals surface area contributed by atoms with Gasteiger partial charge < -0.3 is 15.0 Å². The van der Waals surface area contributed by atoms with Gasteiger partial charge in [0.1, 0.15) is 10.8 Å². The molecule has 2 aromatic heterocycles. The standard InChI is InChI=1S/C19H19ClN4O3/c1-11(23-18(25)13-8-17(20)19(26)21-9-13)16-10-22-24(12(16)2)14-4-6-15(27-3)7-5-14/h4-11H,1-3H3,(H,21,26)(H,23,25)/t11-/m1/s1. The number of aromatic nitrogens is 3. The maximum atomic E-state index is 12.4. The normalized spacial score (nSPS) is 11.9. The second kappa shape index (κ2) is 7.67. The number of carbonyl (C=O) groups is 1. The lowest BCUT2D eigenvalue weighted by Gasteiger charge is -2.14. The van der Waals surface area contributed by atoms with E-state index in [4.69, 9.17) is 16.3 Å². The Morgan fingerprint density at radius 3 is 2.67 bits per heavy atom. The fourth-order valence-corrected chi connectivity index (χ4v) is 2.95. The van der Waals surface area contributed by atoms with Gasteiger partial charge >= 0.3 is 0 Å². The number of halogens is 1. The summed E-state index contributed by atoms with van der Waals surface area (Å²) in [7, 11) is 1.62. The summed E-state index contributed by atoms with van der Waals surface area (Å²) in [6.07, 6.45) is 3.06. The number of hydrogen-bond donors (Lipinski definition) is 2. The van der Waals surface area contributed by atoms with Gasteiger partial charge in [-0.25, -0.2) is 4.68 Å². The zero-order valence-electron chi connectivity index (χ0n) is 15.1. The van der Waals surface area contributed by atoms with Crippen molar-refractivity contribution in [1.29, 1.82) is 0 Å². The smallest absolute Gasteiger partial charge is 0.266 e. The highest BCUT2D eigenvalue weighted by atomic mass is 35.5. The van der Waals surface area contributed by atoms with E-state index in [0.29, 0.717) is 0 Å². The van der Waals surface area contributed by atoms with Gasteiger partial charge in [0.05, 0.1) is 30.6 Å². The van der Waals surface area contributed by atoms with Gasteiger partial charge in [0.25, 0.3) is 11.5 Å². The lowest BCUT2D eigenvalue weighted by molar-refractivity contribution is 0.0939. The van der Waals surface area contributed by atoms with Crippen molar-refractivity contribution >= 4 is 17.5 Å². The zero-order chi connectivity index (χ0) is 19.6. The minimum absolute atomic E-state index is 0.0289. The summed E-state index contributed by atoms with van der Waals surface area (Å²) < 4.78 is 6.97. The fourth-order valence-electron chi connectivity index (χ4n) is 2.78. The van der Waals surface area contributed by atoms with E-state index < -0.39 is 5.56 Å². The molecule has 0 saturated heterocycles. The molecule has 0 unspecified atom stereocenters. The van der Waals surface area contributed by atoms with Crippen LogP contribution in [0.2, 0.25) is 5.02 Å². The third kappa shape index (κ3) is 3.88. The van der Waals surface area contributed by atoms with Gasteiger partial charge in [-0.3, -0.25) is 9.59 Å². The first-order valence-corrected chi connectivity index (χ1v) is 8.66. The summed E-state index contributed by atoms with van der Waals surface area (Å²) in [6, 6.07) is 8.61. The summed E-state index contributed by atoms with van der Waals surface area (Å²) in [5.41, 5.74) is 2.54. The van der Waals surface area contributed by atoms with Crippen molar-refractivity contribution in [3.8, 4) is 11.4 Å². The SMILES string of the molecule is COc1ccc(-n2ncc([C@@H](C)NC(=O)c3c[nH]c(=O)c(Cl)c3)c2C)cc1. The third-order valence-corrected chi connectivity index (χ3v) is 4.58. The molecule has 3 aromatic rings. The molecule has 1 atom stereocenters. The minimum Gasteiger partial charge on any atom is -0.497 e. The Hall–Kier alpha value is -3.06. The summed E-state index contributed by atoms with van der Waals surface area (Å²) in [4.78, 5) is 26.2. The molecule has 7 nitrogen and oxygen atoms in total. The summed E-state index contributed by atoms with van der Waals surface area (Å²) in [6.45, 7) is 3.81. The Morgan fingerprint density at radius 1 is 1.33 bits per heavy atom. The van der Waals surface area contributed by atoms with Crippen molar-refractivity contribution in [2.75, 3.05) is 7.11 Å². The van der Waals surface area contributed by atoms with Crippen molar-refractivity contribution in [2.24, 2.45) is 0 Å². The van der Waals surface area contributed by atoms with Crippen LogP contribution in [0.3, 0.4) is 0 Å². The quantitative estimate of drug-likeness (QED) is 0.705. The minimum atomic E-state index is -0.433. The Kier molecular flexibility index (Phi) is 5.32. The molecule has 0 radical (unpaired) electrons.